The summed E-state index contributed by atoms with van der Waals surface area (Å²) in [5, 5.41) is 11.1. The van der Waals surface area contributed by atoms with Crippen molar-refractivity contribution in [2.75, 3.05) is 19.0 Å². The zero-order valence-electron chi connectivity index (χ0n) is 9.79. The van der Waals surface area contributed by atoms with Crippen molar-refractivity contribution in [1.29, 1.82) is 0 Å². The summed E-state index contributed by atoms with van der Waals surface area (Å²) in [5.74, 6) is -2.71. The minimum absolute atomic E-state index is 0.154. The number of carboxylic acids is 1. The van der Waals surface area contributed by atoms with Gasteiger partial charge >= 0.3 is 12.1 Å². The lowest BCUT2D eigenvalue weighted by Crippen LogP contribution is -2.33. The van der Waals surface area contributed by atoms with Crippen molar-refractivity contribution >= 4 is 11.7 Å². The maximum atomic E-state index is 13.0. The predicted molar refractivity (Wildman–Crippen MR) is 58.3 cm³/mol. The minimum Gasteiger partial charge on any atom is -0.480 e. The molecule has 2 N–H and O–H groups in total. The molecule has 0 aliphatic rings. The molecule has 0 saturated carbocycles. The molecule has 0 aliphatic carbocycles. The number of ether oxygens (including phenoxy) is 1. The summed E-state index contributed by atoms with van der Waals surface area (Å²) in [6.07, 6.45) is -4.85. The number of nitrogens with one attached hydrogen (secondary N) is 1. The van der Waals surface area contributed by atoms with E-state index < -0.39 is 29.6 Å². The van der Waals surface area contributed by atoms with Gasteiger partial charge in [-0.1, -0.05) is 0 Å². The van der Waals surface area contributed by atoms with Crippen molar-refractivity contribution in [2.45, 2.75) is 12.2 Å². The first-order chi connectivity index (χ1) is 8.75. The number of carbonyl (C=O) groups is 1. The molecule has 4 nitrogen and oxygen atoms in total. The Labute approximate surface area is 106 Å². The van der Waals surface area contributed by atoms with Crippen LogP contribution in [0.2, 0.25) is 0 Å². The van der Waals surface area contributed by atoms with Gasteiger partial charge in [0.25, 0.3) is 0 Å². The van der Waals surface area contributed by atoms with E-state index in [2.05, 4.69) is 10.1 Å². The molecule has 8 heteroatoms. The van der Waals surface area contributed by atoms with Crippen LogP contribution in [0.15, 0.2) is 18.2 Å². The molecule has 19 heavy (non-hydrogen) atoms. The quantitative estimate of drug-likeness (QED) is 0.813. The molecule has 1 aromatic rings. The van der Waals surface area contributed by atoms with E-state index in [0.29, 0.717) is 12.1 Å². The Kier molecular flexibility index (Phi) is 4.71. The van der Waals surface area contributed by atoms with Gasteiger partial charge in [0.1, 0.15) is 11.9 Å². The van der Waals surface area contributed by atoms with Crippen molar-refractivity contribution < 1.29 is 32.2 Å². The lowest BCUT2D eigenvalue weighted by atomic mass is 10.1. The van der Waals surface area contributed by atoms with E-state index in [9.17, 15) is 22.4 Å². The first-order valence-corrected chi connectivity index (χ1v) is 5.10. The fraction of sp³-hybridized carbons (Fsp3) is 0.364. The number of anilines is 1. The van der Waals surface area contributed by atoms with Crippen LogP contribution in [-0.4, -0.2) is 30.8 Å². The van der Waals surface area contributed by atoms with Gasteiger partial charge in [-0.05, 0) is 18.2 Å². The Bertz CT molecular complexity index is 462. The van der Waals surface area contributed by atoms with Crippen LogP contribution in [-0.2, 0) is 15.7 Å². The fourth-order valence-electron chi connectivity index (χ4n) is 1.37. The van der Waals surface area contributed by atoms with Gasteiger partial charge in [0.15, 0.2) is 0 Å². The average Bonchev–Trinajstić information content (AvgIpc) is 2.29. The molecule has 0 radical (unpaired) electrons. The Morgan fingerprint density at radius 1 is 1.47 bits per heavy atom. The molecule has 1 unspecified atom stereocenters. The number of alkyl halides is 3. The highest BCUT2D eigenvalue weighted by Gasteiger charge is 2.34. The van der Waals surface area contributed by atoms with Crippen molar-refractivity contribution in [3.63, 3.8) is 0 Å². The van der Waals surface area contributed by atoms with Crippen LogP contribution in [0.25, 0.3) is 0 Å². The summed E-state index contributed by atoms with van der Waals surface area (Å²) in [7, 11) is 1.25. The van der Waals surface area contributed by atoms with E-state index in [0.717, 1.165) is 6.07 Å². The van der Waals surface area contributed by atoms with Crippen LogP contribution in [0.4, 0.5) is 23.2 Å². The van der Waals surface area contributed by atoms with Gasteiger partial charge in [0.2, 0.25) is 0 Å². The Morgan fingerprint density at radius 2 is 2.11 bits per heavy atom. The first kappa shape index (κ1) is 15.2. The van der Waals surface area contributed by atoms with Gasteiger partial charge in [-0.15, -0.1) is 0 Å². The molecule has 0 bridgehead atoms. The number of hydrogen-bond donors (Lipinski definition) is 2. The third kappa shape index (κ3) is 4.09. The van der Waals surface area contributed by atoms with Crippen LogP contribution in [0, 0.1) is 5.82 Å². The van der Waals surface area contributed by atoms with Crippen LogP contribution < -0.4 is 5.32 Å². The Hall–Kier alpha value is -1.83. The Morgan fingerprint density at radius 3 is 2.58 bits per heavy atom. The predicted octanol–water partition coefficient (Wildman–Crippen LogP) is 2.36. The molecular weight excluding hydrogens is 270 g/mol. The molecule has 0 saturated heterocycles. The summed E-state index contributed by atoms with van der Waals surface area (Å²) in [6.45, 7) is -0.242. The third-order valence-electron chi connectivity index (χ3n) is 2.24. The van der Waals surface area contributed by atoms with E-state index in [-0.39, 0.29) is 12.3 Å². The van der Waals surface area contributed by atoms with Crippen molar-refractivity contribution in [3.05, 3.63) is 29.6 Å². The summed E-state index contributed by atoms with van der Waals surface area (Å²) in [5.41, 5.74) is -1.61. The van der Waals surface area contributed by atoms with Crippen molar-refractivity contribution in [3.8, 4) is 0 Å². The zero-order chi connectivity index (χ0) is 14.6. The number of aliphatic carboxylic acids is 1. The molecule has 0 spiro atoms. The second kappa shape index (κ2) is 5.87. The zero-order valence-corrected chi connectivity index (χ0v) is 9.79. The number of hydrogen-bond acceptors (Lipinski definition) is 3. The van der Waals surface area contributed by atoms with Crippen molar-refractivity contribution in [2.24, 2.45) is 0 Å². The molecular formula is C11H11F4NO3. The molecule has 1 rings (SSSR count). The van der Waals surface area contributed by atoms with Gasteiger partial charge < -0.3 is 15.2 Å². The molecule has 0 aliphatic heterocycles. The number of carboxylic acid groups (broad SMARTS) is 1. The highest BCUT2D eigenvalue weighted by Crippen LogP contribution is 2.33. The van der Waals surface area contributed by atoms with E-state index in [4.69, 9.17) is 5.11 Å². The normalized spacial score (nSPS) is 13.1. The van der Waals surface area contributed by atoms with Gasteiger partial charge in [-0.25, -0.2) is 9.18 Å². The molecule has 0 heterocycles. The average molecular weight is 281 g/mol. The molecule has 0 aromatic heterocycles. The third-order valence-corrected chi connectivity index (χ3v) is 2.24. The topological polar surface area (TPSA) is 58.6 Å². The lowest BCUT2D eigenvalue weighted by Gasteiger charge is -2.16. The largest absolute Gasteiger partial charge is 0.480 e. The van der Waals surface area contributed by atoms with Gasteiger partial charge in [-0.3, -0.25) is 0 Å². The van der Waals surface area contributed by atoms with E-state index in [1.165, 1.54) is 7.11 Å². The minimum atomic E-state index is -4.85. The smallest absolute Gasteiger partial charge is 0.419 e. The second-order valence-corrected chi connectivity index (χ2v) is 3.68. The number of methoxy groups -OCH3 is 1. The van der Waals surface area contributed by atoms with Gasteiger partial charge in [-0.2, -0.15) is 13.2 Å². The van der Waals surface area contributed by atoms with Crippen LogP contribution in [0.1, 0.15) is 5.56 Å². The maximum absolute atomic E-state index is 13.0. The SMILES string of the molecule is COCC(Nc1ccc(F)c(C(F)(F)F)c1)C(=O)O. The number of rotatable bonds is 5. The molecule has 0 fully saturated rings. The molecule has 1 aromatic carbocycles. The highest BCUT2D eigenvalue weighted by molar-refractivity contribution is 5.77. The van der Waals surface area contributed by atoms with Gasteiger partial charge in [0.05, 0.1) is 12.2 Å². The summed E-state index contributed by atoms with van der Waals surface area (Å²) < 4.78 is 55.0. The van der Waals surface area contributed by atoms with Crippen molar-refractivity contribution in [1.82, 2.24) is 0 Å². The highest BCUT2D eigenvalue weighted by atomic mass is 19.4. The number of benzene rings is 1. The second-order valence-electron chi connectivity index (χ2n) is 3.68. The van der Waals surface area contributed by atoms with E-state index >= 15 is 0 Å². The van der Waals surface area contributed by atoms with Crippen LogP contribution in [0.5, 0.6) is 0 Å². The molecule has 1 atom stereocenters. The van der Waals surface area contributed by atoms with E-state index in [1.54, 1.807) is 0 Å². The maximum Gasteiger partial charge on any atom is 0.419 e. The lowest BCUT2D eigenvalue weighted by molar-refractivity contribution is -0.140. The summed E-state index contributed by atoms with van der Waals surface area (Å²) >= 11 is 0. The molecule has 0 amide bonds. The molecule has 106 valence electrons. The van der Waals surface area contributed by atoms with Crippen LogP contribution >= 0.6 is 0 Å². The fourth-order valence-corrected chi connectivity index (χ4v) is 1.37. The standard InChI is InChI=1S/C11H11F4NO3/c1-19-5-9(10(17)18)16-6-2-3-8(12)7(4-6)11(13,14)15/h2-4,9,16H,5H2,1H3,(H,17,18). The number of halogens is 4. The first-order valence-electron chi connectivity index (χ1n) is 5.10. The summed E-state index contributed by atoms with van der Waals surface area (Å²) in [4.78, 5) is 10.8. The van der Waals surface area contributed by atoms with E-state index in [1.807, 2.05) is 0 Å². The Balaban J connectivity index is 2.99. The monoisotopic (exact) mass is 281 g/mol. The van der Waals surface area contributed by atoms with Crippen LogP contribution in [0.3, 0.4) is 0 Å². The summed E-state index contributed by atoms with van der Waals surface area (Å²) in [6, 6.07) is 0.935. The van der Waals surface area contributed by atoms with Gasteiger partial charge in [0, 0.05) is 12.8 Å².